The highest BCUT2D eigenvalue weighted by atomic mass is 79.9. The summed E-state index contributed by atoms with van der Waals surface area (Å²) in [5.41, 5.74) is 0. The average Bonchev–Trinajstić information content (AvgIpc) is 2.20. The largest absolute Gasteiger partial charge is 0.393 e. The molecule has 1 saturated heterocycles. The van der Waals surface area contributed by atoms with E-state index in [1.54, 1.807) is 6.20 Å². The van der Waals surface area contributed by atoms with Crippen LogP contribution in [0.4, 0.5) is 10.2 Å². The second-order valence-corrected chi connectivity index (χ2v) is 4.59. The normalized spacial score (nSPS) is 18.2. The second-order valence-electron chi connectivity index (χ2n) is 3.68. The minimum Gasteiger partial charge on any atom is -0.393 e. The molecule has 0 radical (unpaired) electrons. The Hall–Kier alpha value is -0.680. The van der Waals surface area contributed by atoms with E-state index in [0.717, 1.165) is 0 Å². The van der Waals surface area contributed by atoms with Gasteiger partial charge < -0.3 is 10.0 Å². The highest BCUT2D eigenvalue weighted by molar-refractivity contribution is 9.10. The topological polar surface area (TPSA) is 36.4 Å². The van der Waals surface area contributed by atoms with E-state index in [2.05, 4.69) is 20.9 Å². The van der Waals surface area contributed by atoms with Crippen LogP contribution < -0.4 is 4.90 Å². The zero-order chi connectivity index (χ0) is 10.8. The van der Waals surface area contributed by atoms with Crippen LogP contribution in [0.25, 0.3) is 0 Å². The highest BCUT2D eigenvalue weighted by Crippen LogP contribution is 2.23. The van der Waals surface area contributed by atoms with Crippen LogP contribution in [0.3, 0.4) is 0 Å². The van der Waals surface area contributed by atoms with Crippen molar-refractivity contribution in [3.05, 3.63) is 22.6 Å². The van der Waals surface area contributed by atoms with Crippen molar-refractivity contribution >= 4 is 21.7 Å². The summed E-state index contributed by atoms with van der Waals surface area (Å²) in [4.78, 5) is 5.92. The summed E-state index contributed by atoms with van der Waals surface area (Å²) >= 11 is 3.17. The molecule has 1 aliphatic rings. The predicted molar refractivity (Wildman–Crippen MR) is 59.3 cm³/mol. The molecule has 15 heavy (non-hydrogen) atoms. The Morgan fingerprint density at radius 2 is 2.13 bits per heavy atom. The number of hydrogen-bond acceptors (Lipinski definition) is 3. The summed E-state index contributed by atoms with van der Waals surface area (Å²) in [7, 11) is 0. The molecule has 82 valence electrons. The van der Waals surface area contributed by atoms with Crippen LogP contribution in [0.15, 0.2) is 16.7 Å². The van der Waals surface area contributed by atoms with Crippen molar-refractivity contribution in [2.75, 3.05) is 18.0 Å². The molecule has 1 aromatic rings. The quantitative estimate of drug-likeness (QED) is 0.851. The first-order chi connectivity index (χ1) is 7.16. The lowest BCUT2D eigenvalue weighted by Crippen LogP contribution is -2.36. The molecule has 0 saturated carbocycles. The molecule has 1 fully saturated rings. The first-order valence-corrected chi connectivity index (χ1v) is 5.70. The summed E-state index contributed by atoms with van der Waals surface area (Å²) in [6.07, 6.45) is 2.69. The molecule has 0 atom stereocenters. The first-order valence-electron chi connectivity index (χ1n) is 4.91. The van der Waals surface area contributed by atoms with E-state index in [1.807, 2.05) is 4.90 Å². The smallest absolute Gasteiger partial charge is 0.166 e. The molecule has 0 aliphatic carbocycles. The van der Waals surface area contributed by atoms with Gasteiger partial charge in [0.05, 0.1) is 6.10 Å². The van der Waals surface area contributed by atoms with Gasteiger partial charge in [0, 0.05) is 23.8 Å². The van der Waals surface area contributed by atoms with Gasteiger partial charge in [-0.25, -0.2) is 9.37 Å². The molecule has 2 rings (SSSR count). The van der Waals surface area contributed by atoms with E-state index in [-0.39, 0.29) is 11.9 Å². The Morgan fingerprint density at radius 3 is 2.73 bits per heavy atom. The Kier molecular flexibility index (Phi) is 3.21. The van der Waals surface area contributed by atoms with Gasteiger partial charge >= 0.3 is 0 Å². The number of hydrogen-bond donors (Lipinski definition) is 1. The van der Waals surface area contributed by atoms with Crippen LogP contribution in [0.1, 0.15) is 12.8 Å². The third kappa shape index (κ3) is 2.46. The fourth-order valence-corrected chi connectivity index (χ4v) is 2.02. The van der Waals surface area contributed by atoms with Gasteiger partial charge in [0.25, 0.3) is 0 Å². The van der Waals surface area contributed by atoms with E-state index >= 15 is 0 Å². The minimum atomic E-state index is -0.319. The van der Waals surface area contributed by atoms with Gasteiger partial charge in [0.1, 0.15) is 0 Å². The maximum atomic E-state index is 13.5. The number of halogens is 2. The molecule has 1 aromatic heterocycles. The fourth-order valence-electron chi connectivity index (χ4n) is 1.72. The average molecular weight is 275 g/mol. The van der Waals surface area contributed by atoms with Crippen molar-refractivity contribution in [3.8, 4) is 0 Å². The lowest BCUT2D eigenvalue weighted by molar-refractivity contribution is 0.145. The first kappa shape index (κ1) is 10.8. The Balaban J connectivity index is 2.15. The van der Waals surface area contributed by atoms with Crippen molar-refractivity contribution < 1.29 is 9.50 Å². The van der Waals surface area contributed by atoms with E-state index in [1.165, 1.54) is 6.07 Å². The van der Waals surface area contributed by atoms with Gasteiger partial charge in [-0.2, -0.15) is 0 Å². The summed E-state index contributed by atoms with van der Waals surface area (Å²) in [5, 5.41) is 9.34. The molecule has 3 nitrogen and oxygen atoms in total. The van der Waals surface area contributed by atoms with Gasteiger partial charge in [-0.05, 0) is 34.8 Å². The van der Waals surface area contributed by atoms with Crippen LogP contribution in [-0.4, -0.2) is 29.3 Å². The third-order valence-electron chi connectivity index (χ3n) is 2.55. The highest BCUT2D eigenvalue weighted by Gasteiger charge is 2.20. The summed E-state index contributed by atoms with van der Waals surface area (Å²) in [6, 6.07) is 1.41. The molecule has 0 bridgehead atoms. The molecule has 0 amide bonds. The van der Waals surface area contributed by atoms with E-state index in [0.29, 0.717) is 36.2 Å². The number of piperidine rings is 1. The van der Waals surface area contributed by atoms with Crippen LogP contribution >= 0.6 is 15.9 Å². The number of aliphatic hydroxyl groups excluding tert-OH is 1. The molecule has 0 unspecified atom stereocenters. The van der Waals surface area contributed by atoms with Crippen molar-refractivity contribution in [2.45, 2.75) is 18.9 Å². The molecule has 2 heterocycles. The van der Waals surface area contributed by atoms with Crippen molar-refractivity contribution in [3.63, 3.8) is 0 Å². The summed E-state index contributed by atoms with van der Waals surface area (Å²) < 4.78 is 14.2. The Bertz CT molecular complexity index is 353. The number of rotatable bonds is 1. The molecule has 1 aliphatic heterocycles. The Labute approximate surface area is 96.1 Å². The number of aromatic nitrogens is 1. The molecule has 0 spiro atoms. The standard InChI is InChI=1S/C10H12BrFN2O/c11-7-5-9(12)10(13-6-7)14-3-1-8(15)2-4-14/h5-6,8,15H,1-4H2. The minimum absolute atomic E-state index is 0.250. The van der Waals surface area contributed by atoms with Gasteiger partial charge in [0.2, 0.25) is 0 Å². The number of aliphatic hydroxyl groups is 1. The Morgan fingerprint density at radius 1 is 1.47 bits per heavy atom. The zero-order valence-corrected chi connectivity index (χ0v) is 9.74. The SMILES string of the molecule is OC1CCN(c2ncc(Br)cc2F)CC1. The van der Waals surface area contributed by atoms with Gasteiger partial charge in [0.15, 0.2) is 11.6 Å². The molecule has 1 N–H and O–H groups in total. The van der Waals surface area contributed by atoms with Crippen LogP contribution in [0.5, 0.6) is 0 Å². The van der Waals surface area contributed by atoms with E-state index in [4.69, 9.17) is 0 Å². The van der Waals surface area contributed by atoms with Gasteiger partial charge in [-0.3, -0.25) is 0 Å². The molecular formula is C10H12BrFN2O. The monoisotopic (exact) mass is 274 g/mol. The van der Waals surface area contributed by atoms with E-state index in [9.17, 15) is 9.50 Å². The van der Waals surface area contributed by atoms with Crippen LogP contribution in [0.2, 0.25) is 0 Å². The van der Waals surface area contributed by atoms with E-state index < -0.39 is 0 Å². The van der Waals surface area contributed by atoms with Crippen molar-refractivity contribution in [1.82, 2.24) is 4.98 Å². The lowest BCUT2D eigenvalue weighted by Gasteiger charge is -2.30. The summed E-state index contributed by atoms with van der Waals surface area (Å²) in [6.45, 7) is 1.32. The van der Waals surface area contributed by atoms with Crippen molar-refractivity contribution in [2.24, 2.45) is 0 Å². The maximum Gasteiger partial charge on any atom is 0.166 e. The molecule has 0 aromatic carbocycles. The second kappa shape index (κ2) is 4.45. The lowest BCUT2D eigenvalue weighted by atomic mass is 10.1. The summed E-state index contributed by atoms with van der Waals surface area (Å²) in [5.74, 6) is 0.0610. The number of pyridine rings is 1. The molecule has 5 heteroatoms. The zero-order valence-electron chi connectivity index (χ0n) is 8.16. The van der Waals surface area contributed by atoms with Gasteiger partial charge in [-0.1, -0.05) is 0 Å². The van der Waals surface area contributed by atoms with Crippen LogP contribution in [0, 0.1) is 5.82 Å². The number of anilines is 1. The van der Waals surface area contributed by atoms with Crippen LogP contribution in [-0.2, 0) is 0 Å². The van der Waals surface area contributed by atoms with Crippen molar-refractivity contribution in [1.29, 1.82) is 0 Å². The third-order valence-corrected chi connectivity index (χ3v) is 2.99. The fraction of sp³-hybridized carbons (Fsp3) is 0.500. The van der Waals surface area contributed by atoms with Gasteiger partial charge in [-0.15, -0.1) is 0 Å². The number of nitrogens with zero attached hydrogens (tertiary/aromatic N) is 2. The molecular weight excluding hydrogens is 263 g/mol. The maximum absolute atomic E-state index is 13.5. The predicted octanol–water partition coefficient (Wildman–Crippen LogP) is 1.94.